The first-order chi connectivity index (χ1) is 5.83. The molecular formula is C10H12N2. The van der Waals surface area contributed by atoms with Crippen molar-refractivity contribution >= 4 is 5.84 Å². The van der Waals surface area contributed by atoms with Crippen molar-refractivity contribution in [2.75, 3.05) is 0 Å². The van der Waals surface area contributed by atoms with Crippen LogP contribution in [-0.2, 0) is 0 Å². The van der Waals surface area contributed by atoms with Gasteiger partial charge in [0.1, 0.15) is 5.84 Å². The Morgan fingerprint density at radius 2 is 2.42 bits per heavy atom. The van der Waals surface area contributed by atoms with Crippen LogP contribution >= 0.6 is 0 Å². The molecule has 0 aromatic heterocycles. The molecule has 0 amide bonds. The van der Waals surface area contributed by atoms with Gasteiger partial charge < -0.3 is 4.90 Å². The van der Waals surface area contributed by atoms with E-state index in [1.807, 2.05) is 18.2 Å². The van der Waals surface area contributed by atoms with Crippen molar-refractivity contribution in [3.8, 4) is 0 Å². The van der Waals surface area contributed by atoms with Crippen LogP contribution in [0.2, 0.25) is 0 Å². The predicted molar refractivity (Wildman–Crippen MR) is 50.8 cm³/mol. The third-order valence-corrected chi connectivity index (χ3v) is 2.23. The highest BCUT2D eigenvalue weighted by molar-refractivity contribution is 5.97. The fraction of sp³-hybridized carbons (Fsp3) is 0.300. The minimum absolute atomic E-state index is 0.376. The number of rotatable bonds is 1. The third kappa shape index (κ3) is 0.916. The molecule has 2 aliphatic rings. The van der Waals surface area contributed by atoms with Crippen LogP contribution in [-0.4, -0.2) is 16.8 Å². The Morgan fingerprint density at radius 3 is 3.17 bits per heavy atom. The number of nitrogens with zero attached hydrogens (tertiary/aromatic N) is 2. The van der Waals surface area contributed by atoms with Gasteiger partial charge in [0, 0.05) is 6.20 Å². The van der Waals surface area contributed by atoms with Crippen molar-refractivity contribution in [1.29, 1.82) is 0 Å². The van der Waals surface area contributed by atoms with Crippen molar-refractivity contribution in [1.82, 2.24) is 4.90 Å². The van der Waals surface area contributed by atoms with Gasteiger partial charge in [-0.05, 0) is 18.6 Å². The van der Waals surface area contributed by atoms with E-state index in [0.29, 0.717) is 6.04 Å². The molecule has 1 unspecified atom stereocenters. The second-order valence-electron chi connectivity index (χ2n) is 2.99. The molecule has 0 fully saturated rings. The van der Waals surface area contributed by atoms with Crippen LogP contribution in [0.15, 0.2) is 41.7 Å². The van der Waals surface area contributed by atoms with Crippen LogP contribution in [0.25, 0.3) is 0 Å². The quantitative estimate of drug-likeness (QED) is 0.573. The molecule has 2 heterocycles. The zero-order valence-corrected chi connectivity index (χ0v) is 7.20. The average Bonchev–Trinajstić information content (AvgIpc) is 2.40. The van der Waals surface area contributed by atoms with Gasteiger partial charge in [-0.1, -0.05) is 19.6 Å². The van der Waals surface area contributed by atoms with Crippen LogP contribution in [0.4, 0.5) is 0 Å². The first-order valence-corrected chi connectivity index (χ1v) is 4.23. The van der Waals surface area contributed by atoms with Gasteiger partial charge in [-0.3, -0.25) is 0 Å². The zero-order chi connectivity index (χ0) is 8.55. The lowest BCUT2D eigenvalue weighted by Gasteiger charge is -2.23. The lowest BCUT2D eigenvalue weighted by molar-refractivity contribution is 0.461. The molecule has 0 saturated carbocycles. The molecule has 2 nitrogen and oxygen atoms in total. The summed E-state index contributed by atoms with van der Waals surface area (Å²) in [6.45, 7) is 6.09. The standard InChI is InChI=1S/C10H12N2/c1-3-9-8(2)11-10-6-4-5-7-12(9)10/h4-7,9H,2-3H2,1H3. The largest absolute Gasteiger partial charge is 0.324 e. The Balaban J connectivity index is 2.33. The maximum atomic E-state index is 4.37. The van der Waals surface area contributed by atoms with Gasteiger partial charge in [-0.2, -0.15) is 0 Å². The molecule has 0 aromatic carbocycles. The molecular weight excluding hydrogens is 148 g/mol. The Kier molecular flexibility index (Phi) is 1.61. The minimum Gasteiger partial charge on any atom is -0.324 e. The van der Waals surface area contributed by atoms with E-state index in [1.165, 1.54) is 0 Å². The van der Waals surface area contributed by atoms with E-state index < -0.39 is 0 Å². The second-order valence-corrected chi connectivity index (χ2v) is 2.99. The summed E-state index contributed by atoms with van der Waals surface area (Å²) < 4.78 is 0. The van der Waals surface area contributed by atoms with E-state index in [-0.39, 0.29) is 0 Å². The SMILES string of the molecule is C=C1N=C2C=CC=CN2C1CC. The van der Waals surface area contributed by atoms with E-state index >= 15 is 0 Å². The molecule has 0 aliphatic carbocycles. The summed E-state index contributed by atoms with van der Waals surface area (Å²) >= 11 is 0. The Hall–Kier alpha value is -1.31. The molecule has 12 heavy (non-hydrogen) atoms. The van der Waals surface area contributed by atoms with E-state index in [4.69, 9.17) is 0 Å². The average molecular weight is 160 g/mol. The Bertz CT molecular complexity index is 297. The normalized spacial score (nSPS) is 26.1. The van der Waals surface area contributed by atoms with Crippen LogP contribution in [0.5, 0.6) is 0 Å². The van der Waals surface area contributed by atoms with Crippen molar-refractivity contribution in [2.45, 2.75) is 19.4 Å². The lowest BCUT2D eigenvalue weighted by Crippen LogP contribution is -2.30. The summed E-state index contributed by atoms with van der Waals surface area (Å²) in [5.74, 6) is 1.02. The number of fused-ring (bicyclic) bond motifs is 1. The summed E-state index contributed by atoms with van der Waals surface area (Å²) in [6, 6.07) is 0.376. The molecule has 0 saturated heterocycles. The molecule has 2 rings (SSSR count). The van der Waals surface area contributed by atoms with E-state index in [2.05, 4.69) is 29.6 Å². The predicted octanol–water partition coefficient (Wildman–Crippen LogP) is 2.08. The summed E-state index contributed by atoms with van der Waals surface area (Å²) in [4.78, 5) is 6.54. The van der Waals surface area contributed by atoms with Crippen molar-refractivity contribution in [3.05, 3.63) is 36.7 Å². The van der Waals surface area contributed by atoms with Crippen LogP contribution in [0.1, 0.15) is 13.3 Å². The fourth-order valence-corrected chi connectivity index (χ4v) is 1.62. The highest BCUT2D eigenvalue weighted by Gasteiger charge is 2.26. The second kappa shape index (κ2) is 2.63. The first kappa shape index (κ1) is 7.35. The molecule has 1 atom stereocenters. The monoisotopic (exact) mass is 160 g/mol. The maximum Gasteiger partial charge on any atom is 0.133 e. The summed E-state index contributed by atoms with van der Waals surface area (Å²) in [7, 11) is 0. The number of allylic oxidation sites excluding steroid dienone is 2. The van der Waals surface area contributed by atoms with Crippen molar-refractivity contribution in [2.24, 2.45) is 4.99 Å². The molecule has 0 spiro atoms. The Labute approximate surface area is 72.6 Å². The van der Waals surface area contributed by atoms with Crippen LogP contribution in [0, 0.1) is 0 Å². The van der Waals surface area contributed by atoms with Gasteiger partial charge in [0.25, 0.3) is 0 Å². The van der Waals surface area contributed by atoms with Crippen LogP contribution in [0.3, 0.4) is 0 Å². The van der Waals surface area contributed by atoms with Crippen molar-refractivity contribution < 1.29 is 0 Å². The molecule has 2 heteroatoms. The summed E-state index contributed by atoms with van der Waals surface area (Å²) in [6.07, 6.45) is 9.16. The molecule has 2 aliphatic heterocycles. The van der Waals surface area contributed by atoms with E-state index in [9.17, 15) is 0 Å². The van der Waals surface area contributed by atoms with Gasteiger partial charge in [0.15, 0.2) is 0 Å². The molecule has 0 aromatic rings. The number of aliphatic imine (C=N–C) groups is 1. The molecule has 0 bridgehead atoms. The number of amidine groups is 1. The van der Waals surface area contributed by atoms with Crippen molar-refractivity contribution in [3.63, 3.8) is 0 Å². The van der Waals surface area contributed by atoms with Gasteiger partial charge >= 0.3 is 0 Å². The van der Waals surface area contributed by atoms with E-state index in [0.717, 1.165) is 18.0 Å². The van der Waals surface area contributed by atoms with E-state index in [1.54, 1.807) is 0 Å². The van der Waals surface area contributed by atoms with Crippen LogP contribution < -0.4 is 0 Å². The zero-order valence-electron chi connectivity index (χ0n) is 7.20. The highest BCUT2D eigenvalue weighted by atomic mass is 15.3. The fourth-order valence-electron chi connectivity index (χ4n) is 1.62. The lowest BCUT2D eigenvalue weighted by atomic mass is 10.1. The number of hydrogen-bond donors (Lipinski definition) is 0. The van der Waals surface area contributed by atoms with Gasteiger partial charge in [-0.25, -0.2) is 4.99 Å². The minimum atomic E-state index is 0.376. The van der Waals surface area contributed by atoms with Gasteiger partial charge in [0.05, 0.1) is 11.7 Å². The van der Waals surface area contributed by atoms with Gasteiger partial charge in [-0.15, -0.1) is 0 Å². The number of hydrogen-bond acceptors (Lipinski definition) is 2. The molecule has 0 N–H and O–H groups in total. The topological polar surface area (TPSA) is 15.6 Å². The summed E-state index contributed by atoms with van der Waals surface area (Å²) in [5.41, 5.74) is 0.976. The van der Waals surface area contributed by atoms with Gasteiger partial charge in [0.2, 0.25) is 0 Å². The maximum absolute atomic E-state index is 4.37. The molecule has 0 radical (unpaired) electrons. The molecule has 62 valence electrons. The Morgan fingerprint density at radius 1 is 1.58 bits per heavy atom. The first-order valence-electron chi connectivity index (χ1n) is 4.23. The third-order valence-electron chi connectivity index (χ3n) is 2.23. The smallest absolute Gasteiger partial charge is 0.133 e. The summed E-state index contributed by atoms with van der Waals surface area (Å²) in [5, 5.41) is 0. The highest BCUT2D eigenvalue weighted by Crippen LogP contribution is 2.24.